The van der Waals surface area contributed by atoms with Crippen molar-refractivity contribution in [1.82, 2.24) is 19.8 Å². The summed E-state index contributed by atoms with van der Waals surface area (Å²) in [5, 5.41) is 0. The first-order chi connectivity index (χ1) is 10.3. The van der Waals surface area contributed by atoms with Gasteiger partial charge in [-0.05, 0) is 18.6 Å². The number of oxazole rings is 1. The molecule has 4 rings (SSSR count). The number of rotatable bonds is 2. The molecule has 8 heteroatoms. The van der Waals surface area contributed by atoms with Crippen LogP contribution in [0.15, 0.2) is 35.1 Å². The number of hydrogen-bond donors (Lipinski definition) is 0. The molecule has 2 aromatic rings. The number of carbonyl (C=O) groups is 1. The third kappa shape index (κ3) is 3.34. The van der Waals surface area contributed by atoms with Crippen LogP contribution in [0.3, 0.4) is 0 Å². The van der Waals surface area contributed by atoms with E-state index in [9.17, 15) is 4.79 Å². The summed E-state index contributed by atoms with van der Waals surface area (Å²) >= 11 is 0. The lowest BCUT2D eigenvalue weighted by molar-refractivity contribution is 0.0570. The van der Waals surface area contributed by atoms with Crippen LogP contribution >= 0.6 is 24.8 Å². The molecule has 0 aromatic carbocycles. The molecule has 6 nitrogen and oxygen atoms in total. The molecule has 2 atom stereocenters. The predicted molar refractivity (Wildman–Crippen MR) is 90.1 cm³/mol. The summed E-state index contributed by atoms with van der Waals surface area (Å²) in [7, 11) is 0. The van der Waals surface area contributed by atoms with E-state index < -0.39 is 0 Å². The molecule has 4 heterocycles. The van der Waals surface area contributed by atoms with Crippen LogP contribution in [0.1, 0.15) is 17.1 Å². The Morgan fingerprint density at radius 2 is 2.09 bits per heavy atom. The van der Waals surface area contributed by atoms with E-state index in [1.54, 1.807) is 18.6 Å². The smallest absolute Gasteiger partial charge is 0.310 e. The van der Waals surface area contributed by atoms with Gasteiger partial charge in [0.15, 0.2) is 5.76 Å². The number of hydrogen-bond acceptors (Lipinski definition) is 5. The molecule has 0 N–H and O–H groups in total. The zero-order valence-corrected chi connectivity index (χ0v) is 14.1. The topological polar surface area (TPSA) is 62.5 Å². The fourth-order valence-corrected chi connectivity index (χ4v) is 3.11. The SMILES string of the molecule is Cl.Cl.O=C(c1ncc(-c2cccnc2)o1)N1CCN2CCC1C2. The molecule has 2 aliphatic rings. The summed E-state index contributed by atoms with van der Waals surface area (Å²) in [6.07, 6.45) is 6.03. The highest BCUT2D eigenvalue weighted by atomic mass is 35.5. The molecular weight excluding hydrogens is 339 g/mol. The maximum Gasteiger partial charge on any atom is 0.310 e. The number of fused-ring (bicyclic) bond motifs is 2. The van der Waals surface area contributed by atoms with E-state index in [0.29, 0.717) is 11.8 Å². The van der Waals surface area contributed by atoms with Gasteiger partial charge in [0.25, 0.3) is 5.89 Å². The molecule has 2 fully saturated rings. The Morgan fingerprint density at radius 3 is 2.87 bits per heavy atom. The first kappa shape index (κ1) is 17.7. The van der Waals surface area contributed by atoms with Gasteiger partial charge in [-0.25, -0.2) is 4.98 Å². The maximum atomic E-state index is 12.6. The Hall–Kier alpha value is -1.63. The maximum absolute atomic E-state index is 12.6. The average Bonchev–Trinajstić information content (AvgIpc) is 3.15. The first-order valence-corrected chi connectivity index (χ1v) is 7.21. The van der Waals surface area contributed by atoms with Crippen molar-refractivity contribution >= 4 is 30.7 Å². The summed E-state index contributed by atoms with van der Waals surface area (Å²) < 4.78 is 5.64. The Balaban J connectivity index is 0.000000960. The molecule has 23 heavy (non-hydrogen) atoms. The van der Waals surface area contributed by atoms with E-state index in [-0.39, 0.29) is 36.6 Å². The van der Waals surface area contributed by atoms with Crippen molar-refractivity contribution in [2.75, 3.05) is 26.2 Å². The van der Waals surface area contributed by atoms with E-state index in [1.165, 1.54) is 0 Å². The van der Waals surface area contributed by atoms with Crippen LogP contribution in [0, 0.1) is 0 Å². The minimum absolute atomic E-state index is 0. The van der Waals surface area contributed by atoms with Gasteiger partial charge >= 0.3 is 5.91 Å². The standard InChI is InChI=1S/C15H16N4O2.2ClH/c20-15(19-7-6-18-5-3-12(19)10-18)14-17-9-13(21-14)11-2-1-4-16-8-11;;/h1-2,4,8-9,12H,3,5-7,10H2;2*1H. The molecule has 2 bridgehead atoms. The molecule has 1 amide bonds. The van der Waals surface area contributed by atoms with Crippen LogP contribution < -0.4 is 0 Å². The van der Waals surface area contributed by atoms with Crippen LogP contribution in [0.2, 0.25) is 0 Å². The first-order valence-electron chi connectivity index (χ1n) is 7.21. The second kappa shape index (κ2) is 7.29. The lowest BCUT2D eigenvalue weighted by Gasteiger charge is -2.33. The quantitative estimate of drug-likeness (QED) is 0.824. The lowest BCUT2D eigenvalue weighted by atomic mass is 10.2. The van der Waals surface area contributed by atoms with Crippen LogP contribution in [0.25, 0.3) is 11.3 Å². The number of halogens is 2. The number of pyridine rings is 1. The van der Waals surface area contributed by atoms with Crippen molar-refractivity contribution in [3.63, 3.8) is 0 Å². The van der Waals surface area contributed by atoms with Gasteiger partial charge in [-0.3, -0.25) is 14.7 Å². The van der Waals surface area contributed by atoms with Crippen molar-refractivity contribution in [2.45, 2.75) is 12.5 Å². The third-order valence-corrected chi connectivity index (χ3v) is 4.24. The molecule has 2 unspecified atom stereocenters. The predicted octanol–water partition coefficient (Wildman–Crippen LogP) is 2.11. The lowest BCUT2D eigenvalue weighted by Crippen LogP contribution is -2.49. The summed E-state index contributed by atoms with van der Waals surface area (Å²) in [4.78, 5) is 25.1. The molecule has 0 saturated carbocycles. The molecule has 0 radical (unpaired) electrons. The van der Waals surface area contributed by atoms with Crippen LogP contribution in [-0.4, -0.2) is 57.9 Å². The van der Waals surface area contributed by atoms with E-state index in [0.717, 1.165) is 38.2 Å². The fraction of sp³-hybridized carbons (Fsp3) is 0.400. The third-order valence-electron chi connectivity index (χ3n) is 4.24. The van der Waals surface area contributed by atoms with Crippen molar-refractivity contribution < 1.29 is 9.21 Å². The molecule has 0 spiro atoms. The van der Waals surface area contributed by atoms with Crippen molar-refractivity contribution in [3.05, 3.63) is 36.6 Å². The zero-order chi connectivity index (χ0) is 14.2. The van der Waals surface area contributed by atoms with Crippen LogP contribution in [-0.2, 0) is 0 Å². The van der Waals surface area contributed by atoms with E-state index in [4.69, 9.17) is 4.42 Å². The highest BCUT2D eigenvalue weighted by Crippen LogP contribution is 2.24. The molecule has 2 aliphatic heterocycles. The van der Waals surface area contributed by atoms with Gasteiger partial charge in [-0.15, -0.1) is 24.8 Å². The van der Waals surface area contributed by atoms with E-state index >= 15 is 0 Å². The Bertz CT molecular complexity index is 665. The van der Waals surface area contributed by atoms with Gasteiger partial charge in [-0.1, -0.05) is 0 Å². The van der Waals surface area contributed by atoms with Crippen molar-refractivity contribution in [1.29, 1.82) is 0 Å². The molecular formula is C15H18Cl2N4O2. The Kier molecular flexibility index (Phi) is 5.62. The number of nitrogens with zero attached hydrogens (tertiary/aromatic N) is 4. The highest BCUT2D eigenvalue weighted by molar-refractivity contribution is 5.90. The number of piperazine rings is 1. The zero-order valence-electron chi connectivity index (χ0n) is 12.4. The minimum atomic E-state index is -0.100. The van der Waals surface area contributed by atoms with Crippen LogP contribution in [0.4, 0.5) is 0 Å². The molecule has 2 aromatic heterocycles. The molecule has 124 valence electrons. The van der Waals surface area contributed by atoms with Gasteiger partial charge in [0.05, 0.1) is 6.20 Å². The average molecular weight is 357 g/mol. The summed E-state index contributed by atoms with van der Waals surface area (Å²) in [5.74, 6) is 0.655. The van der Waals surface area contributed by atoms with E-state index in [1.807, 2.05) is 17.0 Å². The van der Waals surface area contributed by atoms with Gasteiger partial charge in [-0.2, -0.15) is 0 Å². The van der Waals surface area contributed by atoms with Gasteiger partial charge in [0.2, 0.25) is 0 Å². The van der Waals surface area contributed by atoms with Crippen molar-refractivity contribution in [2.24, 2.45) is 0 Å². The Morgan fingerprint density at radius 1 is 1.22 bits per heavy atom. The minimum Gasteiger partial charge on any atom is -0.432 e. The normalized spacial score (nSPS) is 22.2. The molecule has 0 aliphatic carbocycles. The summed E-state index contributed by atoms with van der Waals surface area (Å²) in [6.45, 7) is 3.76. The fourth-order valence-electron chi connectivity index (χ4n) is 3.11. The Labute approximate surface area is 146 Å². The van der Waals surface area contributed by atoms with Gasteiger partial charge < -0.3 is 9.32 Å². The largest absolute Gasteiger partial charge is 0.432 e. The van der Waals surface area contributed by atoms with Crippen LogP contribution in [0.5, 0.6) is 0 Å². The summed E-state index contributed by atoms with van der Waals surface area (Å²) in [6, 6.07) is 4.02. The van der Waals surface area contributed by atoms with Gasteiger partial charge in [0, 0.05) is 50.2 Å². The van der Waals surface area contributed by atoms with Crippen molar-refractivity contribution in [3.8, 4) is 11.3 Å². The second-order valence-electron chi connectivity index (χ2n) is 5.51. The number of amides is 1. The highest BCUT2D eigenvalue weighted by Gasteiger charge is 2.36. The number of aromatic nitrogens is 2. The van der Waals surface area contributed by atoms with E-state index in [2.05, 4.69) is 14.9 Å². The second-order valence-corrected chi connectivity index (χ2v) is 5.51. The monoisotopic (exact) mass is 356 g/mol. The van der Waals surface area contributed by atoms with Gasteiger partial charge in [0.1, 0.15) is 0 Å². The number of carbonyl (C=O) groups excluding carboxylic acids is 1. The molecule has 2 saturated heterocycles. The summed E-state index contributed by atoms with van der Waals surface area (Å²) in [5.41, 5.74) is 0.828.